The van der Waals surface area contributed by atoms with E-state index in [1.165, 1.54) is 6.92 Å². The van der Waals surface area contributed by atoms with Crippen LogP contribution >= 0.6 is 11.6 Å². The number of hydrogen-bond acceptors (Lipinski definition) is 3. The molecule has 0 spiro atoms. The minimum Gasteiger partial charge on any atom is -0.291 e. The molecule has 1 aromatic carbocycles. The van der Waals surface area contributed by atoms with Crippen molar-refractivity contribution in [1.29, 1.82) is 0 Å². The van der Waals surface area contributed by atoms with E-state index in [2.05, 4.69) is 0 Å². The van der Waals surface area contributed by atoms with Gasteiger partial charge in [-0.2, -0.15) is 0 Å². The molecule has 0 saturated heterocycles. The van der Waals surface area contributed by atoms with Crippen molar-refractivity contribution in [3.8, 4) is 0 Å². The second-order valence-corrected chi connectivity index (χ2v) is 6.07. The van der Waals surface area contributed by atoms with E-state index in [1.807, 2.05) is 0 Å². The zero-order valence-electron chi connectivity index (χ0n) is 8.18. The number of carbonyl (C=O) groups is 1. The quantitative estimate of drug-likeness (QED) is 0.602. The summed E-state index contributed by atoms with van der Waals surface area (Å²) in [5.41, 5.74) is 0.314. The first-order chi connectivity index (χ1) is 6.99. The number of hydrogen-bond donors (Lipinski definition) is 0. The number of alkyl halides is 1. The zero-order valence-corrected chi connectivity index (χ0v) is 9.75. The van der Waals surface area contributed by atoms with E-state index in [4.69, 9.17) is 11.6 Å². The number of benzene rings is 1. The summed E-state index contributed by atoms with van der Waals surface area (Å²) in [6.07, 6.45) is 0. The molecule has 3 nitrogen and oxygen atoms in total. The highest BCUT2D eigenvalue weighted by atomic mass is 35.5. The van der Waals surface area contributed by atoms with Gasteiger partial charge in [0.1, 0.15) is 0 Å². The van der Waals surface area contributed by atoms with Crippen LogP contribution in [0.4, 0.5) is 0 Å². The smallest absolute Gasteiger partial charge is 0.197 e. The molecular formula is C10H11ClO3S. The summed E-state index contributed by atoms with van der Waals surface area (Å²) in [5, 5.41) is 0. The molecule has 0 aliphatic carbocycles. The lowest BCUT2D eigenvalue weighted by Crippen LogP contribution is -2.26. The molecule has 0 aliphatic heterocycles. The summed E-state index contributed by atoms with van der Waals surface area (Å²) in [5.74, 6) is -0.709. The van der Waals surface area contributed by atoms with E-state index in [9.17, 15) is 13.2 Å². The van der Waals surface area contributed by atoms with Crippen LogP contribution in [-0.2, 0) is 9.84 Å². The maximum atomic E-state index is 11.6. The highest BCUT2D eigenvalue weighted by Crippen LogP contribution is 2.14. The molecule has 0 aliphatic rings. The van der Waals surface area contributed by atoms with E-state index in [0.717, 1.165) is 0 Å². The van der Waals surface area contributed by atoms with Crippen LogP contribution in [0.5, 0.6) is 0 Å². The third kappa shape index (κ3) is 2.79. The largest absolute Gasteiger partial charge is 0.291 e. The Labute approximate surface area is 94.0 Å². The van der Waals surface area contributed by atoms with Gasteiger partial charge in [0.2, 0.25) is 0 Å². The molecule has 0 heterocycles. The van der Waals surface area contributed by atoms with Gasteiger partial charge in [-0.1, -0.05) is 48.9 Å². The molecule has 0 N–H and O–H groups in total. The molecule has 1 unspecified atom stereocenters. The van der Waals surface area contributed by atoms with Crippen molar-refractivity contribution in [3.05, 3.63) is 35.9 Å². The first kappa shape index (κ1) is 12.2. The third-order valence-corrected chi connectivity index (χ3v) is 4.64. The Morgan fingerprint density at radius 1 is 1.33 bits per heavy atom. The number of rotatable bonds is 4. The first-order valence-corrected chi connectivity index (χ1v) is 6.59. The lowest BCUT2D eigenvalue weighted by Gasteiger charge is -2.07. The van der Waals surface area contributed by atoms with Gasteiger partial charge in [0.05, 0.1) is 0 Å². The number of carbonyl (C=O) groups excluding carboxylic acids is 1. The molecular weight excluding hydrogens is 236 g/mol. The van der Waals surface area contributed by atoms with Crippen LogP contribution in [-0.4, -0.2) is 24.7 Å². The van der Waals surface area contributed by atoms with Gasteiger partial charge in [-0.25, -0.2) is 8.42 Å². The summed E-state index contributed by atoms with van der Waals surface area (Å²) in [6, 6.07) is 8.16. The molecule has 5 heteroatoms. The maximum Gasteiger partial charge on any atom is 0.197 e. The van der Waals surface area contributed by atoms with Gasteiger partial charge in [0.25, 0.3) is 0 Å². The molecule has 0 bridgehead atoms. The lowest BCUT2D eigenvalue weighted by atomic mass is 10.1. The van der Waals surface area contributed by atoms with E-state index in [1.54, 1.807) is 30.3 Å². The normalized spacial score (nSPS) is 13.5. The molecule has 0 aromatic heterocycles. The van der Waals surface area contributed by atoms with Crippen molar-refractivity contribution in [2.75, 3.05) is 5.75 Å². The number of Topliss-reactive ketones (excluding diaryl/α,β-unsaturated/α-hetero) is 1. The molecule has 0 fully saturated rings. The fourth-order valence-corrected chi connectivity index (χ4v) is 2.30. The second kappa shape index (κ2) is 4.77. The predicted octanol–water partition coefficient (Wildman–Crippen LogP) is 1.87. The summed E-state index contributed by atoms with van der Waals surface area (Å²) in [4.78, 5) is 11.6. The van der Waals surface area contributed by atoms with E-state index in [-0.39, 0.29) is 5.75 Å². The first-order valence-electron chi connectivity index (χ1n) is 4.44. The fraction of sp³-hybridized carbons (Fsp3) is 0.300. The number of ketones is 1. The van der Waals surface area contributed by atoms with Crippen LogP contribution in [0.25, 0.3) is 0 Å². The van der Waals surface area contributed by atoms with Crippen molar-refractivity contribution in [2.24, 2.45) is 0 Å². The molecule has 15 heavy (non-hydrogen) atoms. The van der Waals surface area contributed by atoms with E-state index >= 15 is 0 Å². The Bertz CT molecular complexity index is 439. The molecule has 0 amide bonds. The highest BCUT2D eigenvalue weighted by molar-refractivity contribution is 7.94. The van der Waals surface area contributed by atoms with Gasteiger partial charge in [0.15, 0.2) is 20.3 Å². The summed E-state index contributed by atoms with van der Waals surface area (Å²) in [7, 11) is -3.53. The van der Waals surface area contributed by atoms with Crippen molar-refractivity contribution in [3.63, 3.8) is 0 Å². The topological polar surface area (TPSA) is 51.2 Å². The van der Waals surface area contributed by atoms with Crippen molar-refractivity contribution < 1.29 is 13.2 Å². The molecule has 1 aromatic rings. The number of halogens is 1. The Balaban J connectivity index is 2.97. The zero-order chi connectivity index (χ0) is 11.5. The van der Waals surface area contributed by atoms with Gasteiger partial charge < -0.3 is 0 Å². The predicted molar refractivity (Wildman–Crippen MR) is 59.9 cm³/mol. The molecule has 1 atom stereocenters. The van der Waals surface area contributed by atoms with Crippen LogP contribution in [0.15, 0.2) is 30.3 Å². The average Bonchev–Trinajstić information content (AvgIpc) is 2.28. The Morgan fingerprint density at radius 2 is 1.87 bits per heavy atom. The summed E-state index contributed by atoms with van der Waals surface area (Å²) >= 11 is 5.62. The van der Waals surface area contributed by atoms with Gasteiger partial charge in [-0.15, -0.1) is 0 Å². The van der Waals surface area contributed by atoms with E-state index < -0.39 is 20.3 Å². The third-order valence-electron chi connectivity index (χ3n) is 1.98. The molecule has 0 saturated carbocycles. The minimum atomic E-state index is -3.53. The van der Waals surface area contributed by atoms with Gasteiger partial charge in [0, 0.05) is 11.3 Å². The van der Waals surface area contributed by atoms with Crippen LogP contribution in [0.2, 0.25) is 0 Å². The summed E-state index contributed by atoms with van der Waals surface area (Å²) in [6.45, 7) is 1.46. The Hall–Kier alpha value is -0.870. The molecule has 82 valence electrons. The van der Waals surface area contributed by atoms with Crippen molar-refractivity contribution >= 4 is 27.2 Å². The van der Waals surface area contributed by atoms with Crippen molar-refractivity contribution in [2.45, 2.75) is 11.6 Å². The van der Waals surface area contributed by atoms with Crippen LogP contribution < -0.4 is 0 Å². The van der Waals surface area contributed by atoms with Crippen LogP contribution in [0, 0.1) is 0 Å². The number of sulfone groups is 1. The van der Waals surface area contributed by atoms with Gasteiger partial charge >= 0.3 is 0 Å². The average molecular weight is 247 g/mol. The SMILES string of the molecule is CCS(=O)(=O)C(Cl)C(=O)c1ccccc1. The lowest BCUT2D eigenvalue weighted by molar-refractivity contribution is 0.101. The monoisotopic (exact) mass is 246 g/mol. The molecule has 0 radical (unpaired) electrons. The van der Waals surface area contributed by atoms with Crippen LogP contribution in [0.3, 0.4) is 0 Å². The minimum absolute atomic E-state index is 0.139. The van der Waals surface area contributed by atoms with Gasteiger partial charge in [-0.3, -0.25) is 4.79 Å². The van der Waals surface area contributed by atoms with Gasteiger partial charge in [-0.05, 0) is 0 Å². The molecule has 1 rings (SSSR count). The fourth-order valence-electron chi connectivity index (χ4n) is 1.04. The van der Waals surface area contributed by atoms with Crippen molar-refractivity contribution in [1.82, 2.24) is 0 Å². The second-order valence-electron chi connectivity index (χ2n) is 3.00. The van der Waals surface area contributed by atoms with Crippen LogP contribution in [0.1, 0.15) is 17.3 Å². The Morgan fingerprint density at radius 3 is 2.33 bits per heavy atom. The van der Waals surface area contributed by atoms with E-state index in [0.29, 0.717) is 5.56 Å². The Kier molecular flexibility index (Phi) is 3.88. The maximum absolute atomic E-state index is 11.6. The summed E-state index contributed by atoms with van der Waals surface area (Å²) < 4.78 is 21.2. The standard InChI is InChI=1S/C10H11ClO3S/c1-2-15(13,14)10(11)9(12)8-6-4-3-5-7-8/h3-7,10H,2H2,1H3. The highest BCUT2D eigenvalue weighted by Gasteiger charge is 2.29.